The molecule has 0 saturated carbocycles. The lowest BCUT2D eigenvalue weighted by molar-refractivity contribution is -0.137. The first kappa shape index (κ1) is 50.7. The predicted molar refractivity (Wildman–Crippen MR) is 303 cm³/mol. The first-order valence-electron chi connectivity index (χ1n) is 28.3. The van der Waals surface area contributed by atoms with E-state index in [1.54, 1.807) is 17.7 Å². The van der Waals surface area contributed by atoms with Crippen LogP contribution >= 0.6 is 23.4 Å². The quantitative estimate of drug-likeness (QED) is 0.102. The van der Waals surface area contributed by atoms with Crippen molar-refractivity contribution in [3.8, 4) is 0 Å². The largest absolute Gasteiger partial charge is 0.416 e. The van der Waals surface area contributed by atoms with Crippen molar-refractivity contribution in [2.45, 2.75) is 86.1 Å². The molecule has 16 heterocycles. The number of piperidine rings is 12. The summed E-state index contributed by atoms with van der Waals surface area (Å²) < 4.78 is 52.2. The van der Waals surface area contributed by atoms with E-state index in [-0.39, 0.29) is 5.82 Å². The molecule has 12 fully saturated rings. The number of thioether (sulfide) groups is 1. The Hall–Kier alpha value is -4.76. The molecule has 0 aliphatic carbocycles. The summed E-state index contributed by atoms with van der Waals surface area (Å²) in [5.74, 6) is 5.43. The molecule has 76 heavy (non-hydrogen) atoms. The summed E-state index contributed by atoms with van der Waals surface area (Å²) in [5.41, 5.74) is 9.22. The molecule has 4 aromatic carbocycles. The van der Waals surface area contributed by atoms with E-state index in [0.717, 1.165) is 101 Å². The minimum Gasteiger partial charge on any atom is -0.361 e. The van der Waals surface area contributed by atoms with Gasteiger partial charge in [-0.15, -0.1) is 11.8 Å². The summed E-state index contributed by atoms with van der Waals surface area (Å²) in [6.45, 7) is 14.6. The van der Waals surface area contributed by atoms with Crippen LogP contribution in [0, 0.1) is 29.5 Å². The van der Waals surface area contributed by atoms with Gasteiger partial charge in [-0.3, -0.25) is 0 Å². The standard InChI is InChI=1S/C16H17F3N2.C16H20N2S.C15H17ClN2.C15H17FN2/c17-16(18,19)11-1-2-15-12(7-11)13(8-20-15)14-9-21-5-3-10(14)4-6-21;1-19-12-2-3-16-13(8-12)14(9-17-16)15-10-18-6-4-11(15)5-7-18;2*16-11-1-2-15-12(7-11)13(8-17-15)14-9-18-5-3-10(14)4-6-18/h1-2,7-8,10,14,20H,3-6,9H2;2-3,8-9,11,15,17H,4-7,10H2,1H3;2*1-2,7-8,10,14,17H,3-6,9H2. The van der Waals surface area contributed by atoms with Crippen LogP contribution in [-0.4, -0.2) is 124 Å². The number of benzene rings is 4. The van der Waals surface area contributed by atoms with Gasteiger partial charge in [0.2, 0.25) is 0 Å². The highest BCUT2D eigenvalue weighted by Gasteiger charge is 2.40. The molecule has 14 heteroatoms. The molecule has 12 saturated heterocycles. The van der Waals surface area contributed by atoms with Crippen LogP contribution in [0.15, 0.2) is 102 Å². The summed E-state index contributed by atoms with van der Waals surface area (Å²) in [7, 11) is 0. The molecular weight excluding hydrogens is 1000 g/mol. The highest BCUT2D eigenvalue weighted by atomic mass is 35.5. The number of halogens is 5. The van der Waals surface area contributed by atoms with Crippen molar-refractivity contribution in [3.05, 3.63) is 136 Å². The second kappa shape index (κ2) is 21.1. The van der Waals surface area contributed by atoms with Crippen molar-refractivity contribution >= 4 is 67.0 Å². The molecule has 0 amide bonds. The van der Waals surface area contributed by atoms with Gasteiger partial charge in [0.05, 0.1) is 5.56 Å². The Bertz CT molecular complexity index is 3200. The summed E-state index contributed by atoms with van der Waals surface area (Å²) in [4.78, 5) is 24.9. The topological polar surface area (TPSA) is 76.1 Å². The molecule has 4 unspecified atom stereocenters. The summed E-state index contributed by atoms with van der Waals surface area (Å²) >= 11 is 7.97. The molecule has 400 valence electrons. The second-order valence-electron chi connectivity index (χ2n) is 23.5. The molecule has 8 aromatic rings. The van der Waals surface area contributed by atoms with Gasteiger partial charge in [-0.2, -0.15) is 13.2 Å². The Morgan fingerprint density at radius 3 is 1.16 bits per heavy atom. The second-order valence-corrected chi connectivity index (χ2v) is 24.8. The molecular formula is C62H71ClF4N8S. The first-order chi connectivity index (χ1) is 37.0. The molecule has 8 nitrogen and oxygen atoms in total. The maximum Gasteiger partial charge on any atom is 0.416 e. The van der Waals surface area contributed by atoms with Crippen molar-refractivity contribution in [3.63, 3.8) is 0 Å². The van der Waals surface area contributed by atoms with Crippen molar-refractivity contribution in [2.75, 3.05) is 84.8 Å². The molecule has 4 aromatic heterocycles. The minimum absolute atomic E-state index is 0.135. The Kier molecular flexibility index (Phi) is 14.1. The normalized spacial score (nSPS) is 30.3. The third kappa shape index (κ3) is 10.0. The maximum atomic E-state index is 13.4. The number of rotatable bonds is 5. The lowest BCUT2D eigenvalue weighted by Crippen LogP contribution is -2.46. The Morgan fingerprint density at radius 1 is 0.447 bits per heavy atom. The van der Waals surface area contributed by atoms with Crippen LogP contribution in [0.4, 0.5) is 17.6 Å². The SMILES string of the molecule is CSc1ccc2[nH]cc(C3CN4CCC3CC4)c2c1.Clc1ccc2[nH]cc(C3CN4CCC3CC4)c2c1.FC(F)(F)c1ccc2[nH]cc(C3CN4CCC3CC4)c2c1.Fc1ccc2[nH]cc(C3CN4CCC3CC4)c2c1. The number of aromatic amines is 4. The number of nitrogens with one attached hydrogen (secondary N) is 4. The summed E-state index contributed by atoms with van der Waals surface area (Å²) in [5, 5.41) is 5.42. The molecule has 0 spiro atoms. The zero-order chi connectivity index (χ0) is 51.7. The highest BCUT2D eigenvalue weighted by Crippen LogP contribution is 2.46. The smallest absolute Gasteiger partial charge is 0.361 e. The molecule has 0 radical (unpaired) electrons. The minimum atomic E-state index is -4.28. The lowest BCUT2D eigenvalue weighted by Gasteiger charge is -2.44. The zero-order valence-electron chi connectivity index (χ0n) is 43.6. The molecule has 4 N–H and O–H groups in total. The van der Waals surface area contributed by atoms with E-state index in [1.807, 2.05) is 30.1 Å². The van der Waals surface area contributed by atoms with Crippen LogP contribution in [-0.2, 0) is 6.18 Å². The van der Waals surface area contributed by atoms with Crippen molar-refractivity contribution in [1.82, 2.24) is 39.5 Å². The van der Waals surface area contributed by atoms with E-state index < -0.39 is 11.7 Å². The fraction of sp³-hybridized carbons (Fsp3) is 0.484. The van der Waals surface area contributed by atoms with Gasteiger partial charge in [0.25, 0.3) is 0 Å². The Labute approximate surface area is 452 Å². The van der Waals surface area contributed by atoms with E-state index in [4.69, 9.17) is 11.6 Å². The third-order valence-corrected chi connectivity index (χ3v) is 20.5. The van der Waals surface area contributed by atoms with Crippen molar-refractivity contribution in [2.24, 2.45) is 23.7 Å². The lowest BCUT2D eigenvalue weighted by atomic mass is 9.75. The number of alkyl halides is 3. The average Bonchev–Trinajstić information content (AvgIpc) is 4.33. The van der Waals surface area contributed by atoms with Gasteiger partial charge in [-0.05, 0) is 229 Å². The van der Waals surface area contributed by atoms with Crippen LogP contribution in [0.1, 0.15) is 103 Å². The van der Waals surface area contributed by atoms with Crippen LogP contribution < -0.4 is 0 Å². The number of nitrogens with zero attached hydrogens (tertiary/aromatic N) is 4. The van der Waals surface area contributed by atoms with Crippen LogP contribution in [0.3, 0.4) is 0 Å². The van der Waals surface area contributed by atoms with Crippen LogP contribution in [0.25, 0.3) is 43.6 Å². The van der Waals surface area contributed by atoms with Gasteiger partial charge < -0.3 is 39.5 Å². The fourth-order valence-corrected chi connectivity index (χ4v) is 15.9. The van der Waals surface area contributed by atoms with Gasteiger partial charge in [-0.1, -0.05) is 11.6 Å². The van der Waals surface area contributed by atoms with E-state index in [2.05, 4.69) is 94.7 Å². The van der Waals surface area contributed by atoms with Crippen LogP contribution in [0.5, 0.6) is 0 Å². The Morgan fingerprint density at radius 2 is 0.789 bits per heavy atom. The molecule has 8 bridgehead atoms. The summed E-state index contributed by atoms with van der Waals surface area (Å²) in [6, 6.07) is 22.0. The average molecular weight is 1070 g/mol. The van der Waals surface area contributed by atoms with Crippen molar-refractivity contribution in [1.29, 1.82) is 0 Å². The predicted octanol–water partition coefficient (Wildman–Crippen LogP) is 14.4. The number of hydrogen-bond donors (Lipinski definition) is 4. The monoisotopic (exact) mass is 1070 g/mol. The molecule has 12 aliphatic heterocycles. The van der Waals surface area contributed by atoms with Gasteiger partial charge in [0, 0.05) is 128 Å². The maximum absolute atomic E-state index is 13.4. The van der Waals surface area contributed by atoms with Gasteiger partial charge >= 0.3 is 6.18 Å². The summed E-state index contributed by atoms with van der Waals surface area (Å²) in [6.07, 6.45) is 16.8. The molecule has 20 rings (SSSR count). The fourth-order valence-electron chi connectivity index (χ4n) is 15.3. The van der Waals surface area contributed by atoms with E-state index in [9.17, 15) is 17.6 Å². The van der Waals surface area contributed by atoms with E-state index >= 15 is 0 Å². The van der Waals surface area contributed by atoms with E-state index in [0.29, 0.717) is 23.7 Å². The van der Waals surface area contributed by atoms with E-state index in [1.165, 1.54) is 141 Å². The number of aromatic nitrogens is 4. The number of H-pyrrole nitrogens is 4. The molecule has 4 atom stereocenters. The highest BCUT2D eigenvalue weighted by molar-refractivity contribution is 7.98. The third-order valence-electron chi connectivity index (χ3n) is 19.5. The number of fused-ring (bicyclic) bond motifs is 16. The van der Waals surface area contributed by atoms with Crippen LogP contribution in [0.2, 0.25) is 5.02 Å². The number of hydrogen-bond acceptors (Lipinski definition) is 5. The first-order valence-corrected chi connectivity index (χ1v) is 29.9. The van der Waals surface area contributed by atoms with Gasteiger partial charge in [0.1, 0.15) is 5.82 Å². The van der Waals surface area contributed by atoms with Gasteiger partial charge in [0.15, 0.2) is 0 Å². The zero-order valence-corrected chi connectivity index (χ0v) is 45.2. The molecule has 12 aliphatic rings. The Balaban J connectivity index is 0.0000000972. The van der Waals surface area contributed by atoms with Gasteiger partial charge in [-0.25, -0.2) is 4.39 Å². The van der Waals surface area contributed by atoms with Crippen molar-refractivity contribution < 1.29 is 17.6 Å².